The number of rotatable bonds is 6. The molecule has 3 heterocycles. The monoisotopic (exact) mass is 430 g/mol. The largest absolute Gasteiger partial charge is 0.488 e. The number of nitrogens with one attached hydrogen (secondary N) is 2. The van der Waals surface area contributed by atoms with Crippen molar-refractivity contribution < 1.29 is 18.7 Å². The van der Waals surface area contributed by atoms with Crippen LogP contribution in [0.2, 0.25) is 0 Å². The van der Waals surface area contributed by atoms with Crippen LogP contribution in [0.5, 0.6) is 5.75 Å². The summed E-state index contributed by atoms with van der Waals surface area (Å²) in [5, 5.41) is 0. The Morgan fingerprint density at radius 2 is 2.00 bits per heavy atom. The topological polar surface area (TPSA) is 91.9 Å². The first-order valence-corrected chi connectivity index (χ1v) is 10.3. The Bertz CT molecular complexity index is 949. The van der Waals surface area contributed by atoms with Crippen LogP contribution in [-0.4, -0.2) is 66.8 Å². The number of methoxy groups -OCH3 is 1. The Hall–Kier alpha value is -2.98. The predicted octanol–water partition coefficient (Wildman–Crippen LogP) is 1.72. The van der Waals surface area contributed by atoms with E-state index in [9.17, 15) is 9.18 Å². The zero-order valence-corrected chi connectivity index (χ0v) is 17.9. The average Bonchev–Trinajstić information content (AvgIpc) is 3.16. The van der Waals surface area contributed by atoms with Crippen molar-refractivity contribution >= 4 is 17.4 Å². The Kier molecular flexibility index (Phi) is 6.19. The number of carbonyl (C=O) groups is 1. The molecule has 2 aromatic rings. The lowest BCUT2D eigenvalue weighted by molar-refractivity contribution is -0.135. The third kappa shape index (κ3) is 4.54. The smallest absolute Gasteiger partial charge is 0.248 e. The van der Waals surface area contributed by atoms with Gasteiger partial charge in [-0.25, -0.2) is 19.8 Å². The van der Waals surface area contributed by atoms with Crippen molar-refractivity contribution in [1.29, 1.82) is 0 Å². The first-order chi connectivity index (χ1) is 15.0. The zero-order chi connectivity index (χ0) is 22.0. The molecule has 10 heteroatoms. The molecule has 1 saturated heterocycles. The van der Waals surface area contributed by atoms with Crippen molar-refractivity contribution in [3.8, 4) is 5.75 Å². The molecule has 0 spiro atoms. The second-order valence-electron chi connectivity index (χ2n) is 7.84. The summed E-state index contributed by atoms with van der Waals surface area (Å²) in [6, 6.07) is 4.80. The van der Waals surface area contributed by atoms with Crippen molar-refractivity contribution in [3.05, 3.63) is 41.6 Å². The van der Waals surface area contributed by atoms with Gasteiger partial charge in [0, 0.05) is 51.0 Å². The number of nitrogens with zero attached hydrogens (tertiary/aromatic N) is 4. The minimum absolute atomic E-state index is 0.00461. The minimum atomic E-state index is -0.410. The number of carbonyl (C=O) groups excluding carboxylic acids is 1. The number of aromatic nitrogens is 2. The van der Waals surface area contributed by atoms with Crippen LogP contribution in [0.25, 0.3) is 0 Å². The highest BCUT2D eigenvalue weighted by Crippen LogP contribution is 2.37. The van der Waals surface area contributed by atoms with E-state index in [4.69, 9.17) is 9.47 Å². The van der Waals surface area contributed by atoms with Crippen LogP contribution in [0.1, 0.15) is 31.1 Å². The van der Waals surface area contributed by atoms with Gasteiger partial charge in [0.1, 0.15) is 18.8 Å². The van der Waals surface area contributed by atoms with Crippen molar-refractivity contribution in [3.63, 3.8) is 0 Å². The van der Waals surface area contributed by atoms with Crippen LogP contribution in [0.15, 0.2) is 24.5 Å². The number of hydrazine groups is 1. The highest BCUT2D eigenvalue weighted by Gasteiger charge is 2.28. The highest BCUT2D eigenvalue weighted by molar-refractivity contribution is 5.77. The van der Waals surface area contributed by atoms with Crippen LogP contribution in [0.3, 0.4) is 0 Å². The van der Waals surface area contributed by atoms with E-state index in [1.54, 1.807) is 11.0 Å². The predicted molar refractivity (Wildman–Crippen MR) is 113 cm³/mol. The Morgan fingerprint density at radius 3 is 2.71 bits per heavy atom. The first kappa shape index (κ1) is 21.3. The summed E-state index contributed by atoms with van der Waals surface area (Å²) in [5.74, 6) is 0.594. The fourth-order valence-corrected chi connectivity index (χ4v) is 3.81. The molecule has 1 fully saturated rings. The zero-order valence-electron chi connectivity index (χ0n) is 17.9. The first-order valence-electron chi connectivity index (χ1n) is 10.3. The summed E-state index contributed by atoms with van der Waals surface area (Å²) >= 11 is 0. The SMILES string of the molecule is COCC(=O)N1CCN(c2cc(C3NNc4cc(F)c(OC(C)C)cc43)ncn2)CC1. The van der Waals surface area contributed by atoms with Crippen LogP contribution in [0.4, 0.5) is 15.9 Å². The van der Waals surface area contributed by atoms with Crippen molar-refractivity contribution in [2.24, 2.45) is 0 Å². The second-order valence-corrected chi connectivity index (χ2v) is 7.84. The number of hydrogen-bond acceptors (Lipinski definition) is 8. The Labute approximate surface area is 180 Å². The molecule has 9 nitrogen and oxygen atoms in total. The fraction of sp³-hybridized carbons (Fsp3) is 0.476. The number of hydrogen-bond donors (Lipinski definition) is 2. The lowest BCUT2D eigenvalue weighted by Crippen LogP contribution is -2.50. The van der Waals surface area contributed by atoms with Gasteiger partial charge in [-0.3, -0.25) is 4.79 Å². The second kappa shape index (κ2) is 9.03. The van der Waals surface area contributed by atoms with E-state index in [0.29, 0.717) is 31.9 Å². The summed E-state index contributed by atoms with van der Waals surface area (Å²) in [6.07, 6.45) is 1.40. The van der Waals surface area contributed by atoms with Crippen molar-refractivity contribution in [2.75, 3.05) is 50.2 Å². The molecule has 0 bridgehead atoms. The van der Waals surface area contributed by atoms with Gasteiger partial charge in [0.05, 0.1) is 23.5 Å². The summed E-state index contributed by atoms with van der Waals surface area (Å²) in [6.45, 7) is 6.40. The van der Waals surface area contributed by atoms with Gasteiger partial charge in [0.15, 0.2) is 11.6 Å². The molecule has 2 aliphatic rings. The van der Waals surface area contributed by atoms with Gasteiger partial charge in [0.25, 0.3) is 0 Å². The van der Waals surface area contributed by atoms with Crippen LogP contribution >= 0.6 is 0 Å². The number of amides is 1. The molecule has 1 amide bonds. The number of fused-ring (bicyclic) bond motifs is 1. The lowest BCUT2D eigenvalue weighted by Gasteiger charge is -2.35. The third-order valence-electron chi connectivity index (χ3n) is 5.32. The van der Waals surface area contributed by atoms with Gasteiger partial charge < -0.3 is 24.7 Å². The van der Waals surface area contributed by atoms with Crippen molar-refractivity contribution in [1.82, 2.24) is 20.3 Å². The molecule has 2 aliphatic heterocycles. The summed E-state index contributed by atoms with van der Waals surface area (Å²) in [7, 11) is 1.52. The normalized spacial score (nSPS) is 18.2. The van der Waals surface area contributed by atoms with Gasteiger partial charge in [-0.15, -0.1) is 0 Å². The number of anilines is 2. The third-order valence-corrected chi connectivity index (χ3v) is 5.32. The van der Waals surface area contributed by atoms with Crippen molar-refractivity contribution in [2.45, 2.75) is 26.0 Å². The molecule has 0 saturated carbocycles. The molecule has 31 heavy (non-hydrogen) atoms. The van der Waals surface area contributed by atoms with Gasteiger partial charge >= 0.3 is 0 Å². The lowest BCUT2D eigenvalue weighted by atomic mass is 10.0. The van der Waals surface area contributed by atoms with E-state index < -0.39 is 5.82 Å². The average molecular weight is 430 g/mol. The summed E-state index contributed by atoms with van der Waals surface area (Å²) in [5.41, 5.74) is 8.46. The number of benzene rings is 1. The molecular weight excluding hydrogens is 403 g/mol. The maximum Gasteiger partial charge on any atom is 0.248 e. The minimum Gasteiger partial charge on any atom is -0.488 e. The highest BCUT2D eigenvalue weighted by atomic mass is 19.1. The molecule has 166 valence electrons. The van der Waals surface area contributed by atoms with E-state index >= 15 is 0 Å². The number of halogens is 1. The van der Waals surface area contributed by atoms with Gasteiger partial charge in [0.2, 0.25) is 5.91 Å². The molecule has 4 rings (SSSR count). The van der Waals surface area contributed by atoms with E-state index in [1.165, 1.54) is 19.5 Å². The summed E-state index contributed by atoms with van der Waals surface area (Å²) < 4.78 is 24.9. The number of piperazine rings is 1. The van der Waals surface area contributed by atoms with Gasteiger partial charge in [-0.2, -0.15) is 0 Å². The van der Waals surface area contributed by atoms with Crippen LogP contribution in [-0.2, 0) is 9.53 Å². The van der Waals surface area contributed by atoms with Gasteiger partial charge in [-0.05, 0) is 19.9 Å². The molecule has 0 radical (unpaired) electrons. The molecule has 1 aromatic carbocycles. The standard InChI is InChI=1S/C21H27FN6O3/c1-13(2)31-18-8-14-16(9-15(18)22)25-26-21(14)17-10-19(24-12-23-17)27-4-6-28(7-5-27)20(29)11-30-3/h8-10,12-13,21,25-26H,4-7,11H2,1-3H3. The quantitative estimate of drug-likeness (QED) is 0.716. The van der Waals surface area contributed by atoms with Gasteiger partial charge in [-0.1, -0.05) is 0 Å². The van der Waals surface area contributed by atoms with Crippen LogP contribution < -0.4 is 20.5 Å². The molecule has 1 atom stereocenters. The number of ether oxygens (including phenoxy) is 2. The van der Waals surface area contributed by atoms with E-state index in [-0.39, 0.29) is 30.4 Å². The van der Waals surface area contributed by atoms with E-state index in [1.807, 2.05) is 19.9 Å². The molecular formula is C21H27FN6O3. The Morgan fingerprint density at radius 1 is 1.23 bits per heavy atom. The van der Waals surface area contributed by atoms with E-state index in [0.717, 1.165) is 17.1 Å². The molecule has 2 N–H and O–H groups in total. The Balaban J connectivity index is 1.51. The van der Waals surface area contributed by atoms with E-state index in [2.05, 4.69) is 25.7 Å². The maximum atomic E-state index is 14.3. The molecule has 1 aromatic heterocycles. The molecule has 0 aliphatic carbocycles. The van der Waals surface area contributed by atoms with Crippen LogP contribution in [0, 0.1) is 5.82 Å². The summed E-state index contributed by atoms with van der Waals surface area (Å²) in [4.78, 5) is 24.8. The maximum absolute atomic E-state index is 14.3. The fourth-order valence-electron chi connectivity index (χ4n) is 3.81. The molecule has 1 unspecified atom stereocenters.